The van der Waals surface area contributed by atoms with Gasteiger partial charge in [-0.3, -0.25) is 0 Å². The van der Waals surface area contributed by atoms with E-state index in [2.05, 4.69) is 12.5 Å². The van der Waals surface area contributed by atoms with Crippen molar-refractivity contribution in [2.24, 2.45) is 5.92 Å². The van der Waals surface area contributed by atoms with Crippen molar-refractivity contribution in [3.8, 4) is 12.3 Å². The maximum Gasteiger partial charge on any atom is 0.0768 e. The van der Waals surface area contributed by atoms with Crippen LogP contribution in [0.25, 0.3) is 0 Å². The fraction of sp³-hybridized carbons (Fsp3) is 0.556. The van der Waals surface area contributed by atoms with Gasteiger partial charge in [-0.15, -0.1) is 18.9 Å². The van der Waals surface area contributed by atoms with Crippen molar-refractivity contribution in [3.63, 3.8) is 0 Å². The van der Waals surface area contributed by atoms with Crippen LogP contribution in [0.1, 0.15) is 13.3 Å². The van der Waals surface area contributed by atoms with E-state index in [1.165, 1.54) is 6.08 Å². The topological polar surface area (TPSA) is 40.5 Å². The summed E-state index contributed by atoms with van der Waals surface area (Å²) in [5.41, 5.74) is 0. The molecule has 0 fully saturated rings. The van der Waals surface area contributed by atoms with E-state index in [4.69, 9.17) is 6.42 Å². The molecule has 0 rings (SSSR count). The molecule has 0 bridgehead atoms. The second-order valence-corrected chi connectivity index (χ2v) is 2.56. The second-order valence-electron chi connectivity index (χ2n) is 2.56. The monoisotopic (exact) mass is 154 g/mol. The number of aliphatic hydroxyl groups excluding tert-OH is 2. The van der Waals surface area contributed by atoms with Crippen LogP contribution in [0.4, 0.5) is 0 Å². The smallest absolute Gasteiger partial charge is 0.0768 e. The first-order valence-electron chi connectivity index (χ1n) is 3.55. The molecular formula is C9H14O2. The number of aliphatic hydroxyl groups is 2. The van der Waals surface area contributed by atoms with Crippen molar-refractivity contribution in [3.05, 3.63) is 12.7 Å². The van der Waals surface area contributed by atoms with E-state index in [-0.39, 0.29) is 12.3 Å². The zero-order chi connectivity index (χ0) is 8.85. The number of hydrogen-bond acceptors (Lipinski definition) is 2. The van der Waals surface area contributed by atoms with Crippen LogP contribution in [0.2, 0.25) is 0 Å². The largest absolute Gasteiger partial charge is 0.392 e. The Balaban J connectivity index is 3.91. The fourth-order valence-corrected chi connectivity index (χ4v) is 0.749. The summed E-state index contributed by atoms with van der Waals surface area (Å²) in [6.07, 6.45) is 5.33. The van der Waals surface area contributed by atoms with Gasteiger partial charge in [-0.05, 0) is 0 Å². The lowest BCUT2D eigenvalue weighted by atomic mass is 9.96. The van der Waals surface area contributed by atoms with Gasteiger partial charge in [0.15, 0.2) is 0 Å². The molecule has 3 atom stereocenters. The summed E-state index contributed by atoms with van der Waals surface area (Å²) in [4.78, 5) is 0. The highest BCUT2D eigenvalue weighted by atomic mass is 16.3. The minimum absolute atomic E-state index is 0.247. The van der Waals surface area contributed by atoms with Crippen LogP contribution >= 0.6 is 0 Å². The maximum atomic E-state index is 9.27. The molecule has 0 spiro atoms. The molecule has 0 aliphatic heterocycles. The highest BCUT2D eigenvalue weighted by Gasteiger charge is 2.18. The molecule has 0 aliphatic carbocycles. The highest BCUT2D eigenvalue weighted by Crippen LogP contribution is 2.11. The molecule has 2 heteroatoms. The average Bonchev–Trinajstić information content (AvgIpc) is 2.02. The third-order valence-electron chi connectivity index (χ3n) is 1.71. The number of rotatable bonds is 4. The molecule has 2 N–H and O–H groups in total. The molecule has 11 heavy (non-hydrogen) atoms. The average molecular weight is 154 g/mol. The Labute approximate surface area is 67.6 Å². The quantitative estimate of drug-likeness (QED) is 0.458. The predicted molar refractivity (Wildman–Crippen MR) is 44.8 cm³/mol. The fourth-order valence-electron chi connectivity index (χ4n) is 0.749. The van der Waals surface area contributed by atoms with Crippen LogP contribution in [0.5, 0.6) is 0 Å². The molecule has 0 heterocycles. The van der Waals surface area contributed by atoms with Gasteiger partial charge in [0.2, 0.25) is 0 Å². The van der Waals surface area contributed by atoms with E-state index in [1.54, 1.807) is 6.92 Å². The molecule has 62 valence electrons. The zero-order valence-corrected chi connectivity index (χ0v) is 6.70. The number of hydrogen-bond donors (Lipinski definition) is 2. The zero-order valence-electron chi connectivity index (χ0n) is 6.70. The molecule has 0 unspecified atom stereocenters. The lowest BCUT2D eigenvalue weighted by Gasteiger charge is -2.19. The first-order valence-corrected chi connectivity index (χ1v) is 3.55. The summed E-state index contributed by atoms with van der Waals surface area (Å²) in [6, 6.07) is 0. The van der Waals surface area contributed by atoms with Crippen molar-refractivity contribution in [2.75, 3.05) is 0 Å². The minimum Gasteiger partial charge on any atom is -0.392 e. The van der Waals surface area contributed by atoms with Gasteiger partial charge in [0.25, 0.3) is 0 Å². The summed E-state index contributed by atoms with van der Waals surface area (Å²) >= 11 is 0. The van der Waals surface area contributed by atoms with Crippen LogP contribution < -0.4 is 0 Å². The highest BCUT2D eigenvalue weighted by molar-refractivity contribution is 4.92. The SMILES string of the molecule is C#CC[C@H](O)[C@@H](C)[C@@H](O)C=C. The van der Waals surface area contributed by atoms with Crippen LogP contribution in [0, 0.1) is 18.3 Å². The van der Waals surface area contributed by atoms with Crippen molar-refractivity contribution in [1.29, 1.82) is 0 Å². The van der Waals surface area contributed by atoms with E-state index in [9.17, 15) is 10.2 Å². The van der Waals surface area contributed by atoms with E-state index < -0.39 is 12.2 Å². The summed E-state index contributed by atoms with van der Waals surface area (Å²) in [5.74, 6) is 2.09. The van der Waals surface area contributed by atoms with Crippen molar-refractivity contribution in [1.82, 2.24) is 0 Å². The molecule has 0 aromatic heterocycles. The van der Waals surface area contributed by atoms with Crippen LogP contribution in [-0.4, -0.2) is 22.4 Å². The molecule has 0 saturated heterocycles. The van der Waals surface area contributed by atoms with Crippen LogP contribution in [0.3, 0.4) is 0 Å². The standard InChI is InChI=1S/C9H14O2/c1-4-6-9(11)7(3)8(10)5-2/h1,5,7-11H,2,6H2,3H3/t7-,8-,9-/m0/s1. The van der Waals surface area contributed by atoms with Gasteiger partial charge < -0.3 is 10.2 Å². The Morgan fingerprint density at radius 2 is 2.18 bits per heavy atom. The Kier molecular flexibility index (Phi) is 4.60. The molecule has 0 saturated carbocycles. The minimum atomic E-state index is -0.682. The Hall–Kier alpha value is -0.780. The maximum absolute atomic E-state index is 9.27. The van der Waals surface area contributed by atoms with Gasteiger partial charge >= 0.3 is 0 Å². The normalized spacial score (nSPS) is 18.0. The van der Waals surface area contributed by atoms with Crippen LogP contribution in [0.15, 0.2) is 12.7 Å². The van der Waals surface area contributed by atoms with Crippen molar-refractivity contribution < 1.29 is 10.2 Å². The third kappa shape index (κ3) is 3.22. The van der Waals surface area contributed by atoms with E-state index in [0.29, 0.717) is 0 Å². The first kappa shape index (κ1) is 10.2. The van der Waals surface area contributed by atoms with Gasteiger partial charge in [-0.1, -0.05) is 13.0 Å². The molecular weight excluding hydrogens is 140 g/mol. The van der Waals surface area contributed by atoms with Gasteiger partial charge in [-0.2, -0.15) is 0 Å². The van der Waals surface area contributed by atoms with Gasteiger partial charge in [0.05, 0.1) is 12.2 Å². The van der Waals surface area contributed by atoms with Crippen molar-refractivity contribution >= 4 is 0 Å². The molecule has 2 nitrogen and oxygen atoms in total. The third-order valence-corrected chi connectivity index (χ3v) is 1.71. The van der Waals surface area contributed by atoms with Crippen molar-refractivity contribution in [2.45, 2.75) is 25.6 Å². The Bertz CT molecular complexity index is 157. The lowest BCUT2D eigenvalue weighted by Crippen LogP contribution is -2.27. The Morgan fingerprint density at radius 3 is 2.55 bits per heavy atom. The molecule has 0 aromatic rings. The predicted octanol–water partition coefficient (Wildman–Crippen LogP) is 0.554. The van der Waals surface area contributed by atoms with E-state index >= 15 is 0 Å². The Morgan fingerprint density at radius 1 is 1.64 bits per heavy atom. The summed E-state index contributed by atoms with van der Waals surface area (Å²) in [6.45, 7) is 5.14. The molecule has 0 aromatic carbocycles. The summed E-state index contributed by atoms with van der Waals surface area (Å²) in [7, 11) is 0. The second kappa shape index (κ2) is 4.95. The van der Waals surface area contributed by atoms with Gasteiger partial charge in [0.1, 0.15) is 0 Å². The van der Waals surface area contributed by atoms with E-state index in [1.807, 2.05) is 0 Å². The summed E-state index contributed by atoms with van der Waals surface area (Å²) in [5, 5.41) is 18.4. The number of terminal acetylenes is 1. The molecule has 0 amide bonds. The van der Waals surface area contributed by atoms with Gasteiger partial charge in [-0.25, -0.2) is 0 Å². The van der Waals surface area contributed by atoms with E-state index in [0.717, 1.165) is 0 Å². The first-order chi connectivity index (χ1) is 5.13. The van der Waals surface area contributed by atoms with Gasteiger partial charge in [0, 0.05) is 12.3 Å². The van der Waals surface area contributed by atoms with Crippen LogP contribution in [-0.2, 0) is 0 Å². The molecule has 0 radical (unpaired) electrons. The summed E-state index contributed by atoms with van der Waals surface area (Å²) < 4.78 is 0. The molecule has 0 aliphatic rings. The lowest BCUT2D eigenvalue weighted by molar-refractivity contribution is 0.0485.